The predicted molar refractivity (Wildman–Crippen MR) is 160 cm³/mol. The molecule has 0 spiro atoms. The van der Waals surface area contributed by atoms with Crippen molar-refractivity contribution >= 4 is 32.9 Å². The summed E-state index contributed by atoms with van der Waals surface area (Å²) in [5.74, 6) is 0.608. The minimum atomic E-state index is 0.608. The molecule has 4 heterocycles. The summed E-state index contributed by atoms with van der Waals surface area (Å²) in [5.41, 5.74) is 10.1. The molecule has 5 heteroatoms. The summed E-state index contributed by atoms with van der Waals surface area (Å²) in [6.07, 6.45) is 5.51. The maximum absolute atomic E-state index is 6.16. The van der Waals surface area contributed by atoms with Crippen molar-refractivity contribution in [2.24, 2.45) is 0 Å². The Morgan fingerprint density at radius 2 is 1.48 bits per heavy atom. The van der Waals surface area contributed by atoms with Gasteiger partial charge in [-0.05, 0) is 66.2 Å². The van der Waals surface area contributed by atoms with Gasteiger partial charge in [-0.15, -0.1) is 0 Å². The summed E-state index contributed by atoms with van der Waals surface area (Å²) >= 11 is 0. The molecule has 0 amide bonds. The van der Waals surface area contributed by atoms with Crippen LogP contribution in [-0.2, 0) is 0 Å². The summed E-state index contributed by atoms with van der Waals surface area (Å²) in [6.45, 7) is 0. The van der Waals surface area contributed by atoms with Gasteiger partial charge in [-0.3, -0.25) is 9.97 Å². The molecule has 4 aromatic carbocycles. The van der Waals surface area contributed by atoms with Crippen molar-refractivity contribution in [1.82, 2.24) is 19.5 Å². The smallest absolute Gasteiger partial charge is 0.227 e. The second-order valence-corrected chi connectivity index (χ2v) is 9.76. The van der Waals surface area contributed by atoms with Crippen LogP contribution < -0.4 is 0 Å². The van der Waals surface area contributed by atoms with Crippen molar-refractivity contribution in [3.8, 4) is 39.5 Å². The van der Waals surface area contributed by atoms with Gasteiger partial charge in [0.1, 0.15) is 5.52 Å². The van der Waals surface area contributed by atoms with Crippen molar-refractivity contribution in [2.45, 2.75) is 0 Å². The fourth-order valence-electron chi connectivity index (χ4n) is 5.57. The van der Waals surface area contributed by atoms with Gasteiger partial charge in [-0.25, -0.2) is 4.98 Å². The van der Waals surface area contributed by atoms with Crippen molar-refractivity contribution in [1.29, 1.82) is 0 Å². The summed E-state index contributed by atoms with van der Waals surface area (Å²) in [4.78, 5) is 13.6. The van der Waals surface area contributed by atoms with E-state index in [9.17, 15) is 0 Å². The van der Waals surface area contributed by atoms with E-state index in [0.29, 0.717) is 5.89 Å². The van der Waals surface area contributed by atoms with Crippen LogP contribution in [0.1, 0.15) is 0 Å². The summed E-state index contributed by atoms with van der Waals surface area (Å²) in [7, 11) is 0. The first kappa shape index (κ1) is 22.4. The highest BCUT2D eigenvalue weighted by molar-refractivity contribution is 6.14. The van der Waals surface area contributed by atoms with Crippen LogP contribution in [0.2, 0.25) is 0 Å². The lowest BCUT2D eigenvalue weighted by Crippen LogP contribution is -1.96. The number of benzene rings is 4. The van der Waals surface area contributed by atoms with Gasteiger partial charge in [0.25, 0.3) is 0 Å². The number of fused-ring (bicyclic) bond motifs is 4. The van der Waals surface area contributed by atoms with E-state index in [2.05, 4.69) is 87.3 Å². The van der Waals surface area contributed by atoms with Gasteiger partial charge >= 0.3 is 0 Å². The van der Waals surface area contributed by atoms with Crippen molar-refractivity contribution in [3.05, 3.63) is 134 Å². The topological polar surface area (TPSA) is 56.7 Å². The first-order valence-electron chi connectivity index (χ1n) is 13.2. The van der Waals surface area contributed by atoms with Gasteiger partial charge < -0.3 is 8.98 Å². The van der Waals surface area contributed by atoms with Gasteiger partial charge in [-0.2, -0.15) is 0 Å². The van der Waals surface area contributed by atoms with E-state index in [1.165, 1.54) is 5.39 Å². The number of hydrogen-bond acceptors (Lipinski definition) is 4. The third-order valence-corrected chi connectivity index (χ3v) is 7.39. The Morgan fingerprint density at radius 3 is 2.35 bits per heavy atom. The van der Waals surface area contributed by atoms with Gasteiger partial charge in [0.2, 0.25) is 5.89 Å². The Kier molecular flexibility index (Phi) is 5.07. The summed E-state index contributed by atoms with van der Waals surface area (Å²) in [5, 5.41) is 2.34. The third kappa shape index (κ3) is 3.60. The molecule has 8 rings (SSSR count). The second kappa shape index (κ2) is 9.03. The molecule has 0 atom stereocenters. The number of rotatable bonds is 4. The van der Waals surface area contributed by atoms with Crippen molar-refractivity contribution in [2.75, 3.05) is 0 Å². The standard InChI is InChI=1S/C35H22N4O/c1-2-13-33-31(12-1)38-35(40-33)25-14-15-28-29-10-6-9-27(23-16-19-36-20-17-23)34(29)39(32(28)22-25)26-8-5-7-24(21-26)30-11-3-4-18-37-30/h1-22H. The quantitative estimate of drug-likeness (QED) is 0.236. The average Bonchev–Trinajstić information content (AvgIpc) is 3.61. The van der Waals surface area contributed by atoms with Crippen molar-refractivity contribution < 1.29 is 4.42 Å². The van der Waals surface area contributed by atoms with Gasteiger partial charge in [-0.1, -0.05) is 54.6 Å². The Bertz CT molecular complexity index is 2130. The number of hydrogen-bond donors (Lipinski definition) is 0. The Balaban J connectivity index is 1.44. The predicted octanol–water partition coefficient (Wildman–Crippen LogP) is 8.72. The van der Waals surface area contributed by atoms with Crippen LogP contribution in [0, 0.1) is 0 Å². The molecule has 188 valence electrons. The molecule has 0 fully saturated rings. The van der Waals surface area contributed by atoms with Crippen LogP contribution in [0.25, 0.3) is 72.4 Å². The first-order chi connectivity index (χ1) is 19.8. The van der Waals surface area contributed by atoms with Crippen LogP contribution in [0.3, 0.4) is 0 Å². The minimum absolute atomic E-state index is 0.608. The molecule has 0 aliphatic heterocycles. The molecule has 0 bridgehead atoms. The van der Waals surface area contributed by atoms with E-state index < -0.39 is 0 Å². The van der Waals surface area contributed by atoms with E-state index in [-0.39, 0.29) is 0 Å². The summed E-state index contributed by atoms with van der Waals surface area (Å²) < 4.78 is 8.50. The molecule has 0 radical (unpaired) electrons. The molecule has 4 aromatic heterocycles. The molecule has 8 aromatic rings. The number of para-hydroxylation sites is 3. The molecule has 0 N–H and O–H groups in total. The molecule has 40 heavy (non-hydrogen) atoms. The Hall–Kier alpha value is -5.55. The van der Waals surface area contributed by atoms with Crippen LogP contribution >= 0.6 is 0 Å². The highest BCUT2D eigenvalue weighted by atomic mass is 16.3. The van der Waals surface area contributed by atoms with Crippen LogP contribution in [-0.4, -0.2) is 19.5 Å². The number of oxazole rings is 1. The van der Waals surface area contributed by atoms with Gasteiger partial charge in [0, 0.05) is 51.7 Å². The fraction of sp³-hybridized carbons (Fsp3) is 0. The Labute approximate surface area is 230 Å². The van der Waals surface area contributed by atoms with Crippen LogP contribution in [0.5, 0.6) is 0 Å². The highest BCUT2D eigenvalue weighted by Crippen LogP contribution is 2.40. The minimum Gasteiger partial charge on any atom is -0.436 e. The maximum atomic E-state index is 6.16. The van der Waals surface area contributed by atoms with Gasteiger partial charge in [0.15, 0.2) is 5.58 Å². The number of aromatic nitrogens is 4. The normalized spacial score (nSPS) is 11.5. The number of nitrogens with zero attached hydrogens (tertiary/aromatic N) is 4. The van der Waals surface area contributed by atoms with E-state index in [0.717, 1.165) is 61.2 Å². The molecular weight excluding hydrogens is 492 g/mol. The molecule has 0 aliphatic carbocycles. The molecule has 0 saturated carbocycles. The maximum Gasteiger partial charge on any atom is 0.227 e. The van der Waals surface area contributed by atoms with Gasteiger partial charge in [0.05, 0.1) is 16.7 Å². The van der Waals surface area contributed by atoms with E-state index in [4.69, 9.17) is 9.40 Å². The van der Waals surface area contributed by atoms with Crippen LogP contribution in [0.15, 0.2) is 138 Å². The largest absolute Gasteiger partial charge is 0.436 e. The molecular formula is C35H22N4O. The average molecular weight is 515 g/mol. The molecule has 0 aliphatic rings. The molecule has 0 saturated heterocycles. The monoisotopic (exact) mass is 514 g/mol. The van der Waals surface area contributed by atoms with E-state index in [1.54, 1.807) is 0 Å². The second-order valence-electron chi connectivity index (χ2n) is 9.76. The fourth-order valence-corrected chi connectivity index (χ4v) is 5.57. The molecule has 5 nitrogen and oxygen atoms in total. The van der Waals surface area contributed by atoms with Crippen LogP contribution in [0.4, 0.5) is 0 Å². The number of pyridine rings is 2. The lowest BCUT2D eigenvalue weighted by molar-refractivity contribution is 0.620. The zero-order valence-corrected chi connectivity index (χ0v) is 21.4. The zero-order valence-electron chi connectivity index (χ0n) is 21.4. The molecule has 0 unspecified atom stereocenters. The lowest BCUT2D eigenvalue weighted by atomic mass is 10.0. The first-order valence-corrected chi connectivity index (χ1v) is 13.2. The highest BCUT2D eigenvalue weighted by Gasteiger charge is 2.19. The van der Waals surface area contributed by atoms with E-state index in [1.807, 2.05) is 61.1 Å². The van der Waals surface area contributed by atoms with Crippen molar-refractivity contribution in [3.63, 3.8) is 0 Å². The SMILES string of the molecule is c1ccc(-c2cccc(-n3c4cc(-c5nc6ccccc6o5)ccc4c4cccc(-c5ccncc5)c43)c2)nc1. The lowest BCUT2D eigenvalue weighted by Gasteiger charge is -2.13. The zero-order chi connectivity index (χ0) is 26.5. The summed E-state index contributed by atoms with van der Waals surface area (Å²) in [6, 6.07) is 39.5. The Morgan fingerprint density at radius 1 is 0.600 bits per heavy atom. The third-order valence-electron chi connectivity index (χ3n) is 7.39. The van der Waals surface area contributed by atoms with E-state index >= 15 is 0 Å².